The van der Waals surface area contributed by atoms with Gasteiger partial charge in [-0.05, 0) is 25.1 Å². The molecule has 1 rings (SSSR count). The zero-order valence-corrected chi connectivity index (χ0v) is 11.0. The van der Waals surface area contributed by atoms with E-state index in [1.165, 1.54) is 13.0 Å². The first-order valence-corrected chi connectivity index (χ1v) is 7.00. The Morgan fingerprint density at radius 3 is 2.47 bits per heavy atom. The fourth-order valence-corrected chi connectivity index (χ4v) is 2.79. The lowest BCUT2D eigenvalue weighted by Crippen LogP contribution is -2.45. The predicted octanol–water partition coefficient (Wildman–Crippen LogP) is 0.980. The number of sulfonamides is 1. The molecule has 7 heteroatoms. The Bertz CT molecular complexity index is 530. The highest BCUT2D eigenvalue weighted by molar-refractivity contribution is 7.92. The molecular weight excluding hydrogens is 264 g/mol. The number of nitrogens with two attached hydrogens (primary N) is 1. The molecule has 0 saturated carbocycles. The van der Waals surface area contributed by atoms with Crippen LogP contribution in [0.15, 0.2) is 24.3 Å². The largest absolute Gasteiger partial charge is 0.368 e. The fourth-order valence-electron chi connectivity index (χ4n) is 1.43. The number of hydrogen-bond donors (Lipinski definition) is 1. The lowest BCUT2D eigenvalue weighted by atomic mass is 10.2. The molecular formula is C10H13ClN2O3S. The van der Waals surface area contributed by atoms with Crippen molar-refractivity contribution < 1.29 is 13.2 Å². The van der Waals surface area contributed by atoms with Gasteiger partial charge in [-0.25, -0.2) is 8.42 Å². The second-order valence-corrected chi connectivity index (χ2v) is 5.91. The van der Waals surface area contributed by atoms with Crippen LogP contribution in [0.2, 0.25) is 5.02 Å². The molecule has 1 atom stereocenters. The van der Waals surface area contributed by atoms with Crippen LogP contribution in [-0.4, -0.2) is 26.6 Å². The van der Waals surface area contributed by atoms with Crippen LogP contribution in [-0.2, 0) is 14.8 Å². The number of anilines is 1. The first-order valence-electron chi connectivity index (χ1n) is 4.78. The number of carbonyl (C=O) groups is 1. The average Bonchev–Trinajstić information content (AvgIpc) is 2.15. The third kappa shape index (κ3) is 3.34. The quantitative estimate of drug-likeness (QED) is 0.890. The van der Waals surface area contributed by atoms with Gasteiger partial charge in [0.25, 0.3) is 0 Å². The molecule has 1 amide bonds. The number of primary amides is 1. The van der Waals surface area contributed by atoms with Gasteiger partial charge in [-0.15, -0.1) is 0 Å². The van der Waals surface area contributed by atoms with E-state index >= 15 is 0 Å². The molecule has 0 heterocycles. The Balaban J connectivity index is 3.30. The van der Waals surface area contributed by atoms with Crippen LogP contribution < -0.4 is 10.0 Å². The number of benzene rings is 1. The van der Waals surface area contributed by atoms with Gasteiger partial charge in [0.2, 0.25) is 15.9 Å². The summed E-state index contributed by atoms with van der Waals surface area (Å²) < 4.78 is 24.3. The van der Waals surface area contributed by atoms with E-state index in [1.54, 1.807) is 18.2 Å². The van der Waals surface area contributed by atoms with Gasteiger partial charge in [0.1, 0.15) is 6.04 Å². The molecule has 1 aromatic carbocycles. The summed E-state index contributed by atoms with van der Waals surface area (Å²) >= 11 is 5.79. The molecule has 0 saturated heterocycles. The second kappa shape index (κ2) is 4.93. The Labute approximate surface area is 105 Å². The highest BCUT2D eigenvalue weighted by Crippen LogP contribution is 2.23. The van der Waals surface area contributed by atoms with E-state index in [9.17, 15) is 13.2 Å². The van der Waals surface area contributed by atoms with Crippen LogP contribution in [0.5, 0.6) is 0 Å². The Morgan fingerprint density at radius 2 is 2.06 bits per heavy atom. The van der Waals surface area contributed by atoms with Gasteiger partial charge in [-0.1, -0.05) is 17.7 Å². The lowest BCUT2D eigenvalue weighted by Gasteiger charge is -2.26. The number of amides is 1. The minimum Gasteiger partial charge on any atom is -0.368 e. The highest BCUT2D eigenvalue weighted by atomic mass is 35.5. The third-order valence-electron chi connectivity index (χ3n) is 2.18. The summed E-state index contributed by atoms with van der Waals surface area (Å²) in [4.78, 5) is 11.1. The number of rotatable bonds is 4. The van der Waals surface area contributed by atoms with Crippen LogP contribution in [0.4, 0.5) is 5.69 Å². The van der Waals surface area contributed by atoms with Gasteiger partial charge < -0.3 is 5.73 Å². The molecule has 0 aromatic heterocycles. The van der Waals surface area contributed by atoms with E-state index in [1.807, 2.05) is 0 Å². The van der Waals surface area contributed by atoms with Crippen molar-refractivity contribution in [1.29, 1.82) is 0 Å². The van der Waals surface area contributed by atoms with Crippen LogP contribution in [0.25, 0.3) is 0 Å². The van der Waals surface area contributed by atoms with Crippen molar-refractivity contribution in [3.05, 3.63) is 29.3 Å². The summed E-state index contributed by atoms with van der Waals surface area (Å²) in [5.41, 5.74) is 5.44. The maximum atomic E-state index is 11.7. The van der Waals surface area contributed by atoms with Crippen molar-refractivity contribution in [2.75, 3.05) is 10.6 Å². The van der Waals surface area contributed by atoms with Crippen LogP contribution in [0, 0.1) is 0 Å². The smallest absolute Gasteiger partial charge is 0.241 e. The molecule has 0 radical (unpaired) electrons. The Hall–Kier alpha value is -1.27. The summed E-state index contributed by atoms with van der Waals surface area (Å²) in [7, 11) is -3.61. The maximum Gasteiger partial charge on any atom is 0.241 e. The second-order valence-electron chi connectivity index (χ2n) is 3.62. The van der Waals surface area contributed by atoms with Gasteiger partial charge in [-0.2, -0.15) is 0 Å². The van der Waals surface area contributed by atoms with E-state index in [2.05, 4.69) is 0 Å². The molecule has 0 aliphatic heterocycles. The van der Waals surface area contributed by atoms with Gasteiger partial charge in [0, 0.05) is 5.02 Å². The average molecular weight is 277 g/mol. The molecule has 5 nitrogen and oxygen atoms in total. The minimum absolute atomic E-state index is 0.311. The molecule has 0 aliphatic rings. The van der Waals surface area contributed by atoms with E-state index < -0.39 is 22.0 Å². The number of halogens is 1. The molecule has 0 unspecified atom stereocenters. The SMILES string of the molecule is C[C@@H](C(N)=O)N(c1cccc(Cl)c1)S(C)(=O)=O. The molecule has 0 spiro atoms. The van der Waals surface area contributed by atoms with E-state index in [0.717, 1.165) is 10.6 Å². The van der Waals surface area contributed by atoms with Crippen molar-refractivity contribution in [1.82, 2.24) is 0 Å². The van der Waals surface area contributed by atoms with Crippen molar-refractivity contribution in [3.63, 3.8) is 0 Å². The van der Waals surface area contributed by atoms with Gasteiger partial charge >= 0.3 is 0 Å². The zero-order chi connectivity index (χ0) is 13.2. The first-order chi connectivity index (χ1) is 7.73. The Kier molecular flexibility index (Phi) is 4.00. The number of nitrogens with zero attached hydrogens (tertiary/aromatic N) is 1. The third-order valence-corrected chi connectivity index (χ3v) is 3.66. The monoisotopic (exact) mass is 276 g/mol. The van der Waals surface area contributed by atoms with E-state index in [4.69, 9.17) is 17.3 Å². The minimum atomic E-state index is -3.61. The zero-order valence-electron chi connectivity index (χ0n) is 9.42. The molecule has 0 aliphatic carbocycles. The topological polar surface area (TPSA) is 80.5 Å². The van der Waals surface area contributed by atoms with Crippen LogP contribution >= 0.6 is 11.6 Å². The van der Waals surface area contributed by atoms with E-state index in [0.29, 0.717) is 10.7 Å². The lowest BCUT2D eigenvalue weighted by molar-refractivity contribution is -0.118. The molecule has 17 heavy (non-hydrogen) atoms. The Morgan fingerprint density at radius 1 is 1.47 bits per heavy atom. The molecule has 94 valence electrons. The predicted molar refractivity (Wildman–Crippen MR) is 67.4 cm³/mol. The van der Waals surface area contributed by atoms with Crippen molar-refractivity contribution in [2.45, 2.75) is 13.0 Å². The van der Waals surface area contributed by atoms with Gasteiger partial charge in [-0.3, -0.25) is 9.10 Å². The van der Waals surface area contributed by atoms with E-state index in [-0.39, 0.29) is 0 Å². The summed E-state index contributed by atoms with van der Waals surface area (Å²) in [5, 5.41) is 0.382. The maximum absolute atomic E-state index is 11.7. The van der Waals surface area contributed by atoms with Crippen molar-refractivity contribution in [2.24, 2.45) is 5.73 Å². The molecule has 1 aromatic rings. The van der Waals surface area contributed by atoms with Crippen LogP contribution in [0.3, 0.4) is 0 Å². The number of carbonyl (C=O) groups excluding carboxylic acids is 1. The highest BCUT2D eigenvalue weighted by Gasteiger charge is 2.27. The summed E-state index contributed by atoms with van der Waals surface area (Å²) in [6.45, 7) is 1.42. The van der Waals surface area contributed by atoms with Crippen molar-refractivity contribution >= 4 is 33.2 Å². The van der Waals surface area contributed by atoms with Crippen LogP contribution in [0.1, 0.15) is 6.92 Å². The summed E-state index contributed by atoms with van der Waals surface area (Å²) in [6, 6.07) is 5.25. The first kappa shape index (κ1) is 13.8. The molecule has 0 fully saturated rings. The standard InChI is InChI=1S/C10H13ClN2O3S/c1-7(10(12)14)13(17(2,15)16)9-5-3-4-8(11)6-9/h3-7H,1-2H3,(H2,12,14)/t7-/m0/s1. The summed E-state index contributed by atoms with van der Waals surface area (Å²) in [6.07, 6.45) is 1.01. The normalized spacial score (nSPS) is 13.1. The van der Waals surface area contributed by atoms with Crippen molar-refractivity contribution in [3.8, 4) is 0 Å². The molecule has 2 N–H and O–H groups in total. The summed E-state index contributed by atoms with van der Waals surface area (Å²) in [5.74, 6) is -0.726. The van der Waals surface area contributed by atoms with Gasteiger partial charge in [0.15, 0.2) is 0 Å². The van der Waals surface area contributed by atoms with Gasteiger partial charge in [0.05, 0.1) is 11.9 Å². The number of hydrogen-bond acceptors (Lipinski definition) is 3. The molecule has 0 bridgehead atoms. The fraction of sp³-hybridized carbons (Fsp3) is 0.300.